The minimum absolute atomic E-state index is 0.155. The molecule has 5 nitrogen and oxygen atoms in total. The molecule has 0 aliphatic rings. The zero-order valence-corrected chi connectivity index (χ0v) is 14.1. The van der Waals surface area contributed by atoms with Crippen molar-refractivity contribution in [2.45, 2.75) is 24.8 Å². The van der Waals surface area contributed by atoms with E-state index in [1.807, 2.05) is 13.0 Å². The van der Waals surface area contributed by atoms with Crippen LogP contribution in [-0.2, 0) is 19.6 Å². The number of ether oxygens (including phenoxy) is 1. The van der Waals surface area contributed by atoms with Gasteiger partial charge in [-0.15, -0.1) is 0 Å². The summed E-state index contributed by atoms with van der Waals surface area (Å²) in [6, 6.07) is 12.7. The number of aryl methyl sites for hydroxylation is 2. The zero-order chi connectivity index (χ0) is 17.0. The molecule has 0 aliphatic heterocycles. The lowest BCUT2D eigenvalue weighted by Gasteiger charge is -2.18. The van der Waals surface area contributed by atoms with Gasteiger partial charge in [-0.05, 0) is 36.6 Å². The second-order valence-electron chi connectivity index (χ2n) is 5.26. The van der Waals surface area contributed by atoms with Gasteiger partial charge in [0.05, 0.1) is 12.0 Å². The van der Waals surface area contributed by atoms with E-state index in [0.717, 1.165) is 5.56 Å². The van der Waals surface area contributed by atoms with Crippen molar-refractivity contribution >= 4 is 16.0 Å². The summed E-state index contributed by atoms with van der Waals surface area (Å²) in [4.78, 5) is 12.2. The molecule has 1 N–H and O–H groups in total. The minimum Gasteiger partial charge on any atom is -0.468 e. The molecule has 2 aromatic carbocycles. The Labute approximate surface area is 136 Å². The summed E-state index contributed by atoms with van der Waals surface area (Å²) in [5, 5.41) is 0. The van der Waals surface area contributed by atoms with E-state index in [4.69, 9.17) is 4.74 Å². The maximum atomic E-state index is 12.7. The van der Waals surface area contributed by atoms with E-state index in [-0.39, 0.29) is 4.90 Å². The smallest absolute Gasteiger partial charge is 0.328 e. The molecule has 0 radical (unpaired) electrons. The summed E-state index contributed by atoms with van der Waals surface area (Å²) < 4.78 is 32.6. The van der Waals surface area contributed by atoms with Crippen LogP contribution >= 0.6 is 0 Å². The van der Waals surface area contributed by atoms with Gasteiger partial charge in [-0.3, -0.25) is 0 Å². The van der Waals surface area contributed by atoms with Gasteiger partial charge in [0, 0.05) is 0 Å². The number of sulfonamides is 1. The summed E-state index contributed by atoms with van der Waals surface area (Å²) in [6.45, 7) is 3.52. The second kappa shape index (κ2) is 6.93. The first kappa shape index (κ1) is 17.2. The molecule has 6 heteroatoms. The topological polar surface area (TPSA) is 72.5 Å². The Balaban J connectivity index is 2.43. The van der Waals surface area contributed by atoms with Crippen molar-refractivity contribution in [3.05, 3.63) is 65.2 Å². The van der Waals surface area contributed by atoms with Gasteiger partial charge >= 0.3 is 5.97 Å². The number of hydrogen-bond donors (Lipinski definition) is 1. The molecule has 0 saturated carbocycles. The number of benzene rings is 2. The Morgan fingerprint density at radius 3 is 2.35 bits per heavy atom. The molecule has 0 fully saturated rings. The van der Waals surface area contributed by atoms with E-state index < -0.39 is 22.0 Å². The lowest BCUT2D eigenvalue weighted by Crippen LogP contribution is -2.34. The zero-order valence-electron chi connectivity index (χ0n) is 13.2. The van der Waals surface area contributed by atoms with Crippen LogP contribution in [-0.4, -0.2) is 21.5 Å². The third-order valence-corrected chi connectivity index (χ3v) is 5.04. The normalized spacial score (nSPS) is 12.7. The first-order valence-corrected chi connectivity index (χ1v) is 8.56. The Hall–Kier alpha value is -2.18. The Morgan fingerprint density at radius 1 is 1.09 bits per heavy atom. The van der Waals surface area contributed by atoms with E-state index >= 15 is 0 Å². The molecular weight excluding hydrogens is 314 g/mol. The molecule has 0 aromatic heterocycles. The highest BCUT2D eigenvalue weighted by Gasteiger charge is 2.28. The number of carbonyl (C=O) groups excluding carboxylic acids is 1. The average Bonchev–Trinajstić information content (AvgIpc) is 2.55. The van der Waals surface area contributed by atoms with Crippen LogP contribution in [0.4, 0.5) is 0 Å². The van der Waals surface area contributed by atoms with Crippen LogP contribution in [0.15, 0.2) is 53.4 Å². The van der Waals surface area contributed by atoms with Gasteiger partial charge in [-0.1, -0.05) is 42.5 Å². The molecule has 0 amide bonds. The van der Waals surface area contributed by atoms with Gasteiger partial charge in [0.2, 0.25) is 10.0 Å². The van der Waals surface area contributed by atoms with Gasteiger partial charge in [0.25, 0.3) is 0 Å². The highest BCUT2D eigenvalue weighted by atomic mass is 32.2. The molecule has 1 atom stereocenters. The van der Waals surface area contributed by atoms with Gasteiger partial charge in [-0.25, -0.2) is 13.2 Å². The van der Waals surface area contributed by atoms with Crippen LogP contribution in [0.3, 0.4) is 0 Å². The molecule has 1 unspecified atom stereocenters. The standard InChI is InChI=1S/C17H19NO4S/c1-12-9-10-13(2)15(11-12)23(20,21)18-16(17(19)22-3)14-7-5-4-6-8-14/h4-11,16,18H,1-3H3. The summed E-state index contributed by atoms with van der Waals surface area (Å²) in [5.41, 5.74) is 1.96. The monoisotopic (exact) mass is 333 g/mol. The van der Waals surface area contributed by atoms with Crippen molar-refractivity contribution in [1.29, 1.82) is 0 Å². The predicted molar refractivity (Wildman–Crippen MR) is 87.4 cm³/mol. The van der Waals surface area contributed by atoms with Crippen molar-refractivity contribution in [1.82, 2.24) is 4.72 Å². The number of methoxy groups -OCH3 is 1. The van der Waals surface area contributed by atoms with Crippen LogP contribution in [0, 0.1) is 13.8 Å². The van der Waals surface area contributed by atoms with Gasteiger partial charge in [-0.2, -0.15) is 4.72 Å². The lowest BCUT2D eigenvalue weighted by molar-refractivity contribution is -0.142. The highest BCUT2D eigenvalue weighted by Crippen LogP contribution is 2.21. The number of hydrogen-bond acceptors (Lipinski definition) is 4. The Kier molecular flexibility index (Phi) is 5.18. The highest BCUT2D eigenvalue weighted by molar-refractivity contribution is 7.89. The molecule has 122 valence electrons. The Morgan fingerprint density at radius 2 is 1.74 bits per heavy atom. The Bertz CT molecular complexity index is 801. The number of carbonyl (C=O) groups is 1. The fraction of sp³-hybridized carbons (Fsp3) is 0.235. The molecule has 0 spiro atoms. The van der Waals surface area contributed by atoms with Crippen LogP contribution < -0.4 is 4.72 Å². The number of esters is 1. The van der Waals surface area contributed by atoms with Crippen molar-refractivity contribution in [3.8, 4) is 0 Å². The third kappa shape index (κ3) is 3.97. The van der Waals surface area contributed by atoms with Crippen LogP contribution in [0.5, 0.6) is 0 Å². The molecular formula is C17H19NO4S. The molecule has 0 aliphatic carbocycles. The fourth-order valence-electron chi connectivity index (χ4n) is 2.23. The fourth-order valence-corrected chi connectivity index (χ4v) is 3.73. The van der Waals surface area contributed by atoms with Crippen molar-refractivity contribution in [3.63, 3.8) is 0 Å². The van der Waals surface area contributed by atoms with Crippen molar-refractivity contribution < 1.29 is 17.9 Å². The lowest BCUT2D eigenvalue weighted by atomic mass is 10.1. The molecule has 0 heterocycles. The second-order valence-corrected chi connectivity index (χ2v) is 6.94. The number of nitrogens with one attached hydrogen (secondary N) is 1. The SMILES string of the molecule is COC(=O)C(NS(=O)(=O)c1cc(C)ccc1C)c1ccccc1. The minimum atomic E-state index is -3.87. The third-order valence-electron chi connectivity index (χ3n) is 3.48. The van der Waals surface area contributed by atoms with Crippen LogP contribution in [0.25, 0.3) is 0 Å². The summed E-state index contributed by atoms with van der Waals surface area (Å²) in [7, 11) is -2.64. The van der Waals surface area contributed by atoms with Crippen molar-refractivity contribution in [2.75, 3.05) is 7.11 Å². The van der Waals surface area contributed by atoms with E-state index in [0.29, 0.717) is 11.1 Å². The predicted octanol–water partition coefficient (Wildman–Crippen LogP) is 2.50. The van der Waals surface area contributed by atoms with Crippen LogP contribution in [0.2, 0.25) is 0 Å². The van der Waals surface area contributed by atoms with Crippen molar-refractivity contribution in [2.24, 2.45) is 0 Å². The maximum absolute atomic E-state index is 12.7. The van der Waals surface area contributed by atoms with E-state index in [1.165, 1.54) is 7.11 Å². The van der Waals surface area contributed by atoms with Gasteiger partial charge < -0.3 is 4.74 Å². The van der Waals surface area contributed by atoms with E-state index in [9.17, 15) is 13.2 Å². The molecule has 2 rings (SSSR count). The van der Waals surface area contributed by atoms with Gasteiger partial charge in [0.1, 0.15) is 6.04 Å². The number of rotatable bonds is 5. The van der Waals surface area contributed by atoms with E-state index in [1.54, 1.807) is 49.4 Å². The summed E-state index contributed by atoms with van der Waals surface area (Å²) in [5.74, 6) is -0.662. The molecule has 2 aromatic rings. The molecule has 0 bridgehead atoms. The first-order valence-electron chi connectivity index (χ1n) is 7.07. The largest absolute Gasteiger partial charge is 0.468 e. The first-order chi connectivity index (χ1) is 10.8. The molecule has 0 saturated heterocycles. The van der Waals surface area contributed by atoms with Crippen LogP contribution in [0.1, 0.15) is 22.7 Å². The average molecular weight is 333 g/mol. The summed E-state index contributed by atoms with van der Waals surface area (Å²) >= 11 is 0. The molecule has 23 heavy (non-hydrogen) atoms. The van der Waals surface area contributed by atoms with Gasteiger partial charge in [0.15, 0.2) is 0 Å². The summed E-state index contributed by atoms with van der Waals surface area (Å²) in [6.07, 6.45) is 0. The van der Waals surface area contributed by atoms with E-state index in [2.05, 4.69) is 4.72 Å². The maximum Gasteiger partial charge on any atom is 0.328 e. The quantitative estimate of drug-likeness (QED) is 0.853.